The third kappa shape index (κ3) is 8.07. The maximum Gasteiger partial charge on any atom is 0.306 e. The number of unbranched alkanes of at least 4 members (excludes halogenated alkanes) is 1. The summed E-state index contributed by atoms with van der Waals surface area (Å²) < 4.78 is 0.335. The van der Waals surface area contributed by atoms with Crippen LogP contribution in [0.15, 0.2) is 12.2 Å². The van der Waals surface area contributed by atoms with Crippen molar-refractivity contribution in [3.05, 3.63) is 12.2 Å². The van der Waals surface area contributed by atoms with Crippen molar-refractivity contribution in [3.8, 4) is 0 Å². The third-order valence-electron chi connectivity index (χ3n) is 2.86. The number of aliphatic hydroxyl groups is 1. The Balaban J connectivity index is 4.68. The van der Waals surface area contributed by atoms with Crippen LogP contribution in [0.2, 0.25) is 0 Å². The molecule has 0 radical (unpaired) electrons. The number of aliphatic carboxylic acids is 1. The summed E-state index contributed by atoms with van der Waals surface area (Å²) in [5, 5.41) is 19.3. The Labute approximate surface area is 121 Å². The first-order chi connectivity index (χ1) is 9.10. The highest BCUT2D eigenvalue weighted by atomic mass is 16.4. The van der Waals surface area contributed by atoms with Crippen LogP contribution in [-0.2, 0) is 9.59 Å². The van der Waals surface area contributed by atoms with E-state index in [9.17, 15) is 14.7 Å². The number of Topliss-reactive ketones (excluding diaryl/α,β-unsaturated/α-hetero) is 1. The van der Waals surface area contributed by atoms with Gasteiger partial charge in [-0.3, -0.25) is 9.59 Å². The number of carboxylic acid groups (broad SMARTS) is 1. The molecule has 0 fully saturated rings. The second-order valence-electron chi connectivity index (χ2n) is 6.27. The van der Waals surface area contributed by atoms with E-state index >= 15 is 0 Å². The second-order valence-corrected chi connectivity index (χ2v) is 6.27. The normalized spacial score (nSPS) is 15.2. The molecular formula is C15H28NO4+. The lowest BCUT2D eigenvalue weighted by Crippen LogP contribution is -2.54. The van der Waals surface area contributed by atoms with Crippen LogP contribution < -0.4 is 0 Å². The van der Waals surface area contributed by atoms with Gasteiger partial charge in [0.25, 0.3) is 0 Å². The first-order valence-corrected chi connectivity index (χ1v) is 7.03. The van der Waals surface area contributed by atoms with Gasteiger partial charge in [-0.1, -0.05) is 25.5 Å². The lowest BCUT2D eigenvalue weighted by Gasteiger charge is -2.33. The van der Waals surface area contributed by atoms with Crippen LogP contribution >= 0.6 is 0 Å². The highest BCUT2D eigenvalue weighted by molar-refractivity contribution is 5.91. The zero-order valence-corrected chi connectivity index (χ0v) is 13.1. The van der Waals surface area contributed by atoms with Gasteiger partial charge in [0.2, 0.25) is 0 Å². The van der Waals surface area contributed by atoms with Crippen molar-refractivity contribution in [2.24, 2.45) is 0 Å². The fourth-order valence-electron chi connectivity index (χ4n) is 2.13. The molecule has 0 amide bonds. The Bertz CT molecular complexity index is 357. The topological polar surface area (TPSA) is 74.6 Å². The van der Waals surface area contributed by atoms with Gasteiger partial charge in [-0.25, -0.2) is 0 Å². The molecular weight excluding hydrogens is 258 g/mol. The number of quaternary nitrogens is 1. The molecule has 0 aromatic rings. The lowest BCUT2D eigenvalue weighted by molar-refractivity contribution is -0.875. The van der Waals surface area contributed by atoms with Crippen molar-refractivity contribution in [2.45, 2.75) is 44.6 Å². The predicted molar refractivity (Wildman–Crippen MR) is 78.4 cm³/mol. The van der Waals surface area contributed by atoms with Crippen molar-refractivity contribution in [3.63, 3.8) is 0 Å². The molecule has 1 atom stereocenters. The minimum Gasteiger partial charge on any atom is -0.481 e. The van der Waals surface area contributed by atoms with Crippen molar-refractivity contribution >= 4 is 11.8 Å². The van der Waals surface area contributed by atoms with Crippen LogP contribution in [0, 0.1) is 0 Å². The Morgan fingerprint density at radius 3 is 2.15 bits per heavy atom. The molecule has 0 spiro atoms. The summed E-state index contributed by atoms with van der Waals surface area (Å²) in [6.45, 7) is 2.17. The Kier molecular flexibility index (Phi) is 7.68. The van der Waals surface area contributed by atoms with E-state index in [0.717, 1.165) is 12.8 Å². The quantitative estimate of drug-likeness (QED) is 0.472. The number of hydrogen-bond donors (Lipinski definition) is 2. The molecule has 2 N–H and O–H groups in total. The van der Waals surface area contributed by atoms with Crippen LogP contribution in [0.1, 0.15) is 39.0 Å². The summed E-state index contributed by atoms with van der Waals surface area (Å²) in [7, 11) is 5.46. The van der Waals surface area contributed by atoms with E-state index in [0.29, 0.717) is 10.9 Å². The summed E-state index contributed by atoms with van der Waals surface area (Å²) in [5.74, 6) is -1.55. The Morgan fingerprint density at radius 1 is 1.15 bits per heavy atom. The highest BCUT2D eigenvalue weighted by Gasteiger charge is 2.42. The summed E-state index contributed by atoms with van der Waals surface area (Å²) in [4.78, 5) is 23.0. The van der Waals surface area contributed by atoms with Crippen molar-refractivity contribution < 1.29 is 24.3 Å². The van der Waals surface area contributed by atoms with Gasteiger partial charge in [-0.05, 0) is 12.8 Å². The van der Waals surface area contributed by atoms with Gasteiger partial charge in [-0.2, -0.15) is 0 Å². The van der Waals surface area contributed by atoms with E-state index in [1.165, 1.54) is 0 Å². The summed E-state index contributed by atoms with van der Waals surface area (Å²) in [6, 6.07) is 0. The van der Waals surface area contributed by atoms with E-state index in [1.54, 1.807) is 0 Å². The second kappa shape index (κ2) is 8.17. The number of carboxylic acids is 1. The van der Waals surface area contributed by atoms with Crippen LogP contribution in [0.3, 0.4) is 0 Å². The molecule has 0 aliphatic carbocycles. The first kappa shape index (κ1) is 18.8. The fourth-order valence-corrected chi connectivity index (χ4v) is 2.13. The maximum absolute atomic E-state index is 12.2. The van der Waals surface area contributed by atoms with Crippen LogP contribution in [0.5, 0.6) is 0 Å². The zero-order chi connectivity index (χ0) is 15.8. The van der Waals surface area contributed by atoms with E-state index < -0.39 is 23.8 Å². The minimum atomic E-state index is -1.79. The highest BCUT2D eigenvalue weighted by Crippen LogP contribution is 2.19. The van der Waals surface area contributed by atoms with Gasteiger partial charge in [0.15, 0.2) is 11.4 Å². The molecule has 20 heavy (non-hydrogen) atoms. The average Bonchev–Trinajstić information content (AvgIpc) is 2.24. The lowest BCUT2D eigenvalue weighted by atomic mass is 9.90. The molecule has 0 bridgehead atoms. The SMILES string of the molecule is CCC/C=C\CCC(=O)C(O)(CC(=O)O)C[N+](C)(C)C. The summed E-state index contributed by atoms with van der Waals surface area (Å²) in [5.41, 5.74) is -1.79. The summed E-state index contributed by atoms with van der Waals surface area (Å²) in [6.07, 6.45) is 6.10. The van der Waals surface area contributed by atoms with Gasteiger partial charge in [0.1, 0.15) is 6.54 Å². The number of allylic oxidation sites excluding steroid dienone is 2. The molecule has 0 saturated heterocycles. The molecule has 5 heteroatoms. The maximum atomic E-state index is 12.2. The number of carbonyl (C=O) groups is 2. The molecule has 0 aromatic heterocycles. The largest absolute Gasteiger partial charge is 0.481 e. The molecule has 116 valence electrons. The molecule has 0 saturated carbocycles. The van der Waals surface area contributed by atoms with E-state index in [1.807, 2.05) is 33.3 Å². The molecule has 0 aliphatic heterocycles. The van der Waals surface area contributed by atoms with Crippen LogP contribution in [-0.4, -0.2) is 59.7 Å². The molecule has 0 aromatic carbocycles. The summed E-state index contributed by atoms with van der Waals surface area (Å²) >= 11 is 0. The van der Waals surface area contributed by atoms with E-state index in [4.69, 9.17) is 5.11 Å². The third-order valence-corrected chi connectivity index (χ3v) is 2.86. The standard InChI is InChI=1S/C15H27NO4/c1-5-6-7-8-9-10-13(17)15(20,11-14(18)19)12-16(2,3)4/h7-8,20H,5-6,9-12H2,1-4H3/p+1/b8-7-. The van der Waals surface area contributed by atoms with Crippen LogP contribution in [0.25, 0.3) is 0 Å². The van der Waals surface area contributed by atoms with Crippen molar-refractivity contribution in [1.82, 2.24) is 0 Å². The van der Waals surface area contributed by atoms with Crippen molar-refractivity contribution in [2.75, 3.05) is 27.7 Å². The molecule has 5 nitrogen and oxygen atoms in total. The Morgan fingerprint density at radius 2 is 1.70 bits per heavy atom. The molecule has 0 rings (SSSR count). The van der Waals surface area contributed by atoms with Gasteiger partial charge < -0.3 is 14.7 Å². The Hall–Kier alpha value is -1.20. The van der Waals surface area contributed by atoms with Crippen molar-refractivity contribution in [1.29, 1.82) is 0 Å². The molecule has 0 aliphatic rings. The van der Waals surface area contributed by atoms with Gasteiger partial charge >= 0.3 is 5.97 Å². The average molecular weight is 286 g/mol. The number of carbonyl (C=O) groups excluding carboxylic acids is 1. The molecule has 1 unspecified atom stereocenters. The predicted octanol–water partition coefficient (Wildman–Crippen LogP) is 1.60. The van der Waals surface area contributed by atoms with Gasteiger partial charge in [-0.15, -0.1) is 0 Å². The fraction of sp³-hybridized carbons (Fsp3) is 0.733. The van der Waals surface area contributed by atoms with Crippen LogP contribution in [0.4, 0.5) is 0 Å². The van der Waals surface area contributed by atoms with Gasteiger partial charge in [0.05, 0.1) is 27.6 Å². The number of likely N-dealkylation sites (N-methyl/N-ethyl adjacent to an activating group) is 1. The molecule has 0 heterocycles. The number of ketones is 1. The first-order valence-electron chi connectivity index (χ1n) is 7.03. The van der Waals surface area contributed by atoms with E-state index in [-0.39, 0.29) is 13.0 Å². The monoisotopic (exact) mass is 286 g/mol. The van der Waals surface area contributed by atoms with E-state index in [2.05, 4.69) is 6.92 Å². The number of rotatable bonds is 10. The van der Waals surface area contributed by atoms with Gasteiger partial charge in [0, 0.05) is 6.42 Å². The minimum absolute atomic E-state index is 0.0941. The smallest absolute Gasteiger partial charge is 0.306 e. The zero-order valence-electron chi connectivity index (χ0n) is 13.1. The number of nitrogens with zero attached hydrogens (tertiary/aromatic N) is 1. The number of hydrogen-bond acceptors (Lipinski definition) is 3.